The highest BCUT2D eigenvalue weighted by molar-refractivity contribution is 4.81. The standard InChI is InChI=1S/C8H11N5O4/c9-12-10-3-6(4-14)17-5-13-2-1-7(15)11-8(13)16/h1-2,6,14H,3-5H2,(H,11,15,16). The minimum absolute atomic E-state index is 0.0366. The lowest BCUT2D eigenvalue weighted by Crippen LogP contribution is -2.31. The predicted octanol–water partition coefficient (Wildman–Crippen LogP) is -0.818. The number of nitrogens with one attached hydrogen (secondary N) is 1. The Morgan fingerprint density at radius 2 is 2.41 bits per heavy atom. The minimum atomic E-state index is -0.690. The number of azide groups is 1. The molecule has 1 aromatic rings. The quantitative estimate of drug-likeness (QED) is 0.382. The molecule has 9 nitrogen and oxygen atoms in total. The fourth-order valence-electron chi connectivity index (χ4n) is 1.02. The van der Waals surface area contributed by atoms with Crippen molar-refractivity contribution in [2.24, 2.45) is 5.11 Å². The molecule has 0 aromatic carbocycles. The summed E-state index contributed by atoms with van der Waals surface area (Å²) in [7, 11) is 0. The molecule has 0 fully saturated rings. The van der Waals surface area contributed by atoms with Crippen LogP contribution in [0.5, 0.6) is 0 Å². The van der Waals surface area contributed by atoms with Crippen molar-refractivity contribution in [1.82, 2.24) is 9.55 Å². The first kappa shape index (κ1) is 13.0. The van der Waals surface area contributed by atoms with E-state index in [2.05, 4.69) is 15.0 Å². The summed E-state index contributed by atoms with van der Waals surface area (Å²) in [4.78, 5) is 26.6. The Morgan fingerprint density at radius 3 is 3.00 bits per heavy atom. The van der Waals surface area contributed by atoms with Gasteiger partial charge >= 0.3 is 5.69 Å². The fourth-order valence-corrected chi connectivity index (χ4v) is 1.02. The summed E-state index contributed by atoms with van der Waals surface area (Å²) < 4.78 is 6.24. The van der Waals surface area contributed by atoms with Crippen LogP contribution in [0.1, 0.15) is 0 Å². The van der Waals surface area contributed by atoms with Crippen LogP contribution in [0.25, 0.3) is 10.4 Å². The summed E-state index contributed by atoms with van der Waals surface area (Å²) in [6.45, 7) is -0.524. The largest absolute Gasteiger partial charge is 0.394 e. The normalized spacial score (nSPS) is 11.8. The molecule has 0 aliphatic carbocycles. The summed E-state index contributed by atoms with van der Waals surface area (Å²) in [6, 6.07) is 1.17. The number of aliphatic hydroxyl groups excluding tert-OH is 1. The first-order valence-electron chi connectivity index (χ1n) is 4.70. The smallest absolute Gasteiger partial charge is 0.330 e. The van der Waals surface area contributed by atoms with E-state index in [0.29, 0.717) is 0 Å². The van der Waals surface area contributed by atoms with E-state index in [1.54, 1.807) is 0 Å². The number of aromatic nitrogens is 2. The minimum Gasteiger partial charge on any atom is -0.394 e. The zero-order valence-corrected chi connectivity index (χ0v) is 8.81. The number of aromatic amines is 1. The molecule has 9 heteroatoms. The van der Waals surface area contributed by atoms with Crippen molar-refractivity contribution < 1.29 is 9.84 Å². The monoisotopic (exact) mass is 241 g/mol. The van der Waals surface area contributed by atoms with E-state index in [1.165, 1.54) is 12.3 Å². The molecule has 0 saturated heterocycles. The maximum Gasteiger partial charge on any atom is 0.330 e. The number of nitrogens with zero attached hydrogens (tertiary/aromatic N) is 4. The molecule has 0 spiro atoms. The highest BCUT2D eigenvalue weighted by Gasteiger charge is 2.06. The van der Waals surface area contributed by atoms with Crippen molar-refractivity contribution >= 4 is 0 Å². The van der Waals surface area contributed by atoms with Crippen molar-refractivity contribution in [2.45, 2.75) is 12.8 Å². The van der Waals surface area contributed by atoms with E-state index in [9.17, 15) is 9.59 Å². The van der Waals surface area contributed by atoms with E-state index in [4.69, 9.17) is 15.4 Å². The van der Waals surface area contributed by atoms with E-state index in [0.717, 1.165) is 4.57 Å². The van der Waals surface area contributed by atoms with Crippen LogP contribution in [0, 0.1) is 0 Å². The summed E-state index contributed by atoms with van der Waals surface area (Å²) >= 11 is 0. The third kappa shape index (κ3) is 4.11. The Bertz CT molecular complexity index is 515. The first-order valence-corrected chi connectivity index (χ1v) is 4.70. The van der Waals surface area contributed by atoms with Crippen LogP contribution in [0.3, 0.4) is 0 Å². The summed E-state index contributed by atoms with van der Waals surface area (Å²) in [5.74, 6) is 0. The number of hydrogen-bond acceptors (Lipinski definition) is 5. The van der Waals surface area contributed by atoms with Gasteiger partial charge in [-0.25, -0.2) is 4.79 Å². The van der Waals surface area contributed by atoms with Gasteiger partial charge in [0.05, 0.1) is 19.3 Å². The molecule has 1 unspecified atom stereocenters. The topological polar surface area (TPSA) is 133 Å². The lowest BCUT2D eigenvalue weighted by molar-refractivity contribution is -0.0199. The van der Waals surface area contributed by atoms with Crippen LogP contribution in [0.4, 0.5) is 0 Å². The molecule has 2 N–H and O–H groups in total. The second-order valence-corrected chi connectivity index (χ2v) is 3.09. The lowest BCUT2D eigenvalue weighted by atomic mass is 10.4. The molecule has 0 saturated carbocycles. The van der Waals surface area contributed by atoms with Gasteiger partial charge in [0, 0.05) is 17.2 Å². The molecule has 0 bridgehead atoms. The zero-order chi connectivity index (χ0) is 12.7. The van der Waals surface area contributed by atoms with E-state index in [1.807, 2.05) is 0 Å². The van der Waals surface area contributed by atoms with Gasteiger partial charge in [-0.1, -0.05) is 5.11 Å². The Kier molecular flexibility index (Phi) is 4.95. The Hall–Kier alpha value is -2.09. The van der Waals surface area contributed by atoms with E-state index < -0.39 is 17.4 Å². The van der Waals surface area contributed by atoms with Gasteiger partial charge in [0.2, 0.25) is 0 Å². The van der Waals surface area contributed by atoms with Crippen molar-refractivity contribution in [3.63, 3.8) is 0 Å². The summed E-state index contributed by atoms with van der Waals surface area (Å²) in [5.41, 5.74) is 6.98. The molecule has 1 heterocycles. The van der Waals surface area contributed by atoms with Crippen molar-refractivity contribution in [2.75, 3.05) is 13.2 Å². The lowest BCUT2D eigenvalue weighted by Gasteiger charge is -2.13. The van der Waals surface area contributed by atoms with E-state index >= 15 is 0 Å². The Labute approximate surface area is 94.9 Å². The summed E-state index contributed by atoms with van der Waals surface area (Å²) in [5, 5.41) is 12.1. The van der Waals surface area contributed by atoms with Crippen LogP contribution in [-0.2, 0) is 11.5 Å². The average Bonchev–Trinajstić information content (AvgIpc) is 2.31. The van der Waals surface area contributed by atoms with Gasteiger partial charge in [0.25, 0.3) is 5.56 Å². The molecular formula is C8H11N5O4. The molecule has 0 aliphatic heterocycles. The molecule has 1 rings (SSSR count). The number of rotatable bonds is 6. The zero-order valence-electron chi connectivity index (χ0n) is 8.81. The summed E-state index contributed by atoms with van der Waals surface area (Å²) in [6.07, 6.45) is 0.577. The first-order chi connectivity index (χ1) is 8.17. The van der Waals surface area contributed by atoms with Crippen molar-refractivity contribution in [1.29, 1.82) is 0 Å². The molecule has 1 aromatic heterocycles. The maximum absolute atomic E-state index is 11.2. The van der Waals surface area contributed by atoms with Crippen LogP contribution in [0.2, 0.25) is 0 Å². The molecule has 17 heavy (non-hydrogen) atoms. The van der Waals surface area contributed by atoms with Crippen LogP contribution >= 0.6 is 0 Å². The van der Waals surface area contributed by atoms with Gasteiger partial charge in [0.15, 0.2) is 0 Å². The molecule has 0 amide bonds. The Balaban J connectivity index is 2.62. The number of ether oxygens (including phenoxy) is 1. The van der Waals surface area contributed by atoms with Gasteiger partial charge in [-0.3, -0.25) is 14.3 Å². The fraction of sp³-hybridized carbons (Fsp3) is 0.500. The van der Waals surface area contributed by atoms with Crippen LogP contribution < -0.4 is 11.2 Å². The SMILES string of the molecule is [N-]=[N+]=NCC(CO)OCn1ccc(=O)[nH]c1=O. The maximum atomic E-state index is 11.2. The van der Waals surface area contributed by atoms with Gasteiger partial charge in [0.1, 0.15) is 6.73 Å². The Morgan fingerprint density at radius 1 is 1.65 bits per heavy atom. The third-order valence-corrected chi connectivity index (χ3v) is 1.90. The molecule has 0 aliphatic rings. The predicted molar refractivity (Wildman–Crippen MR) is 57.3 cm³/mol. The molecule has 92 valence electrons. The highest BCUT2D eigenvalue weighted by atomic mass is 16.5. The van der Waals surface area contributed by atoms with Gasteiger partial charge in [-0.15, -0.1) is 0 Å². The van der Waals surface area contributed by atoms with Crippen LogP contribution in [0.15, 0.2) is 27.0 Å². The van der Waals surface area contributed by atoms with E-state index in [-0.39, 0.29) is 19.9 Å². The van der Waals surface area contributed by atoms with Crippen LogP contribution in [-0.4, -0.2) is 33.9 Å². The van der Waals surface area contributed by atoms with Gasteiger partial charge in [-0.05, 0) is 5.53 Å². The van der Waals surface area contributed by atoms with Gasteiger partial charge < -0.3 is 9.84 Å². The second kappa shape index (κ2) is 6.48. The number of aliphatic hydroxyl groups is 1. The number of hydrogen-bond donors (Lipinski definition) is 2. The third-order valence-electron chi connectivity index (χ3n) is 1.90. The molecule has 0 radical (unpaired) electrons. The average molecular weight is 241 g/mol. The molecular weight excluding hydrogens is 230 g/mol. The van der Waals surface area contributed by atoms with Gasteiger partial charge in [-0.2, -0.15) is 0 Å². The molecule has 1 atom stereocenters. The number of H-pyrrole nitrogens is 1. The van der Waals surface area contributed by atoms with Crippen molar-refractivity contribution in [3.05, 3.63) is 43.5 Å². The van der Waals surface area contributed by atoms with Crippen molar-refractivity contribution in [3.8, 4) is 0 Å². The highest BCUT2D eigenvalue weighted by Crippen LogP contribution is 1.94. The second-order valence-electron chi connectivity index (χ2n) is 3.09.